The van der Waals surface area contributed by atoms with E-state index in [1.165, 1.54) is 12.1 Å². The molecule has 0 amide bonds. The van der Waals surface area contributed by atoms with Gasteiger partial charge in [-0.3, -0.25) is 0 Å². The zero-order chi connectivity index (χ0) is 12.3. The number of halogens is 2. The van der Waals surface area contributed by atoms with Gasteiger partial charge in [0.25, 0.3) is 0 Å². The summed E-state index contributed by atoms with van der Waals surface area (Å²) in [5.74, 6) is -1.06. The summed E-state index contributed by atoms with van der Waals surface area (Å²) in [7, 11) is 0. The van der Waals surface area contributed by atoms with Crippen molar-refractivity contribution < 1.29 is 13.5 Å². The highest BCUT2D eigenvalue weighted by atomic mass is 19.1. The molecule has 2 unspecified atom stereocenters. The van der Waals surface area contributed by atoms with Crippen LogP contribution in [0.25, 0.3) is 0 Å². The Labute approximate surface area is 100.0 Å². The highest BCUT2D eigenvalue weighted by Gasteiger charge is 2.28. The van der Waals surface area contributed by atoms with Gasteiger partial charge in [0.2, 0.25) is 0 Å². The van der Waals surface area contributed by atoms with Gasteiger partial charge in [-0.05, 0) is 25.5 Å². The summed E-state index contributed by atoms with van der Waals surface area (Å²) in [5, 5.41) is 3.21. The Morgan fingerprint density at radius 1 is 1.47 bits per heavy atom. The van der Waals surface area contributed by atoms with Crippen LogP contribution in [0.2, 0.25) is 0 Å². The van der Waals surface area contributed by atoms with Crippen LogP contribution in [-0.4, -0.2) is 19.3 Å². The van der Waals surface area contributed by atoms with Crippen molar-refractivity contribution in [3.05, 3.63) is 35.4 Å². The molecule has 1 aliphatic rings. The molecule has 0 bridgehead atoms. The van der Waals surface area contributed by atoms with Crippen molar-refractivity contribution in [2.75, 3.05) is 13.2 Å². The van der Waals surface area contributed by atoms with Crippen molar-refractivity contribution >= 4 is 0 Å². The van der Waals surface area contributed by atoms with Crippen LogP contribution in [0.1, 0.15) is 31.4 Å². The maximum absolute atomic E-state index is 13.7. The van der Waals surface area contributed by atoms with Crippen LogP contribution in [-0.2, 0) is 4.74 Å². The highest BCUT2D eigenvalue weighted by Crippen LogP contribution is 2.28. The highest BCUT2D eigenvalue weighted by molar-refractivity contribution is 5.23. The van der Waals surface area contributed by atoms with Crippen molar-refractivity contribution in [1.29, 1.82) is 0 Å². The lowest BCUT2D eigenvalue weighted by atomic mass is 9.98. The van der Waals surface area contributed by atoms with Gasteiger partial charge in [0.1, 0.15) is 11.6 Å². The van der Waals surface area contributed by atoms with Gasteiger partial charge in [-0.1, -0.05) is 13.0 Å². The van der Waals surface area contributed by atoms with Crippen molar-refractivity contribution in [2.24, 2.45) is 0 Å². The van der Waals surface area contributed by atoms with Gasteiger partial charge in [0.15, 0.2) is 0 Å². The molecule has 94 valence electrons. The van der Waals surface area contributed by atoms with Crippen LogP contribution in [0, 0.1) is 11.6 Å². The predicted molar refractivity (Wildman–Crippen MR) is 61.7 cm³/mol. The second kappa shape index (κ2) is 5.56. The third-order valence-corrected chi connectivity index (χ3v) is 3.06. The van der Waals surface area contributed by atoms with E-state index in [0.717, 1.165) is 32.1 Å². The standard InChI is InChI=1S/C13H17F2NO/c1-2-16-13(12-4-3-7-17-12)10-6-5-9(14)8-11(10)15/h5-6,8,12-13,16H,2-4,7H2,1H3. The van der Waals surface area contributed by atoms with Crippen LogP contribution in [0.15, 0.2) is 18.2 Å². The molecule has 0 aromatic heterocycles. The average molecular weight is 241 g/mol. The van der Waals surface area contributed by atoms with Crippen molar-refractivity contribution in [1.82, 2.24) is 5.32 Å². The fourth-order valence-electron chi connectivity index (χ4n) is 2.28. The van der Waals surface area contributed by atoms with Gasteiger partial charge in [0, 0.05) is 18.2 Å². The quantitative estimate of drug-likeness (QED) is 0.875. The van der Waals surface area contributed by atoms with Gasteiger partial charge in [-0.25, -0.2) is 8.78 Å². The molecule has 2 nitrogen and oxygen atoms in total. The van der Waals surface area contributed by atoms with Crippen LogP contribution < -0.4 is 5.32 Å². The summed E-state index contributed by atoms with van der Waals surface area (Å²) in [4.78, 5) is 0. The van der Waals surface area contributed by atoms with Crippen molar-refractivity contribution in [3.63, 3.8) is 0 Å². The van der Waals surface area contributed by atoms with Crippen LogP contribution in [0.5, 0.6) is 0 Å². The van der Waals surface area contributed by atoms with E-state index in [9.17, 15) is 8.78 Å². The second-order valence-corrected chi connectivity index (χ2v) is 4.25. The first-order valence-corrected chi connectivity index (χ1v) is 6.02. The SMILES string of the molecule is CCNC(c1ccc(F)cc1F)C1CCCO1. The van der Waals surface area contributed by atoms with Crippen molar-refractivity contribution in [2.45, 2.75) is 31.9 Å². The zero-order valence-corrected chi connectivity index (χ0v) is 9.88. The number of hydrogen-bond donors (Lipinski definition) is 1. The summed E-state index contributed by atoms with van der Waals surface area (Å²) in [6, 6.07) is 3.52. The monoisotopic (exact) mass is 241 g/mol. The third kappa shape index (κ3) is 2.82. The van der Waals surface area contributed by atoms with Crippen LogP contribution in [0.4, 0.5) is 8.78 Å². The first-order valence-electron chi connectivity index (χ1n) is 6.02. The fourth-order valence-corrected chi connectivity index (χ4v) is 2.28. The maximum atomic E-state index is 13.7. The van der Waals surface area contributed by atoms with Crippen LogP contribution >= 0.6 is 0 Å². The lowest BCUT2D eigenvalue weighted by Gasteiger charge is -2.24. The molecule has 2 rings (SSSR count). The van der Waals surface area contributed by atoms with Gasteiger partial charge in [-0.15, -0.1) is 0 Å². The summed E-state index contributed by atoms with van der Waals surface area (Å²) in [6.07, 6.45) is 1.89. The second-order valence-electron chi connectivity index (χ2n) is 4.25. The minimum atomic E-state index is -0.547. The maximum Gasteiger partial charge on any atom is 0.130 e. The molecule has 1 aromatic rings. The smallest absolute Gasteiger partial charge is 0.130 e. The fraction of sp³-hybridized carbons (Fsp3) is 0.538. The number of nitrogens with one attached hydrogen (secondary N) is 1. The molecule has 1 saturated heterocycles. The molecule has 1 N–H and O–H groups in total. The minimum Gasteiger partial charge on any atom is -0.376 e. The van der Waals surface area contributed by atoms with E-state index < -0.39 is 11.6 Å². The Bertz CT molecular complexity index is 378. The van der Waals surface area contributed by atoms with Crippen molar-refractivity contribution in [3.8, 4) is 0 Å². The molecular formula is C13H17F2NO. The molecule has 0 saturated carbocycles. The number of benzene rings is 1. The normalized spacial score (nSPS) is 21.7. The van der Waals surface area contributed by atoms with E-state index >= 15 is 0 Å². The zero-order valence-electron chi connectivity index (χ0n) is 9.88. The predicted octanol–water partition coefficient (Wildman–Crippen LogP) is 2.79. The molecule has 0 radical (unpaired) electrons. The Hall–Kier alpha value is -1.00. The number of rotatable bonds is 4. The number of hydrogen-bond acceptors (Lipinski definition) is 2. The summed E-state index contributed by atoms with van der Waals surface area (Å²) >= 11 is 0. The average Bonchev–Trinajstić information content (AvgIpc) is 2.80. The Balaban J connectivity index is 2.24. The summed E-state index contributed by atoms with van der Waals surface area (Å²) < 4.78 is 32.2. The molecule has 1 heterocycles. The molecule has 0 aliphatic carbocycles. The lowest BCUT2D eigenvalue weighted by Crippen LogP contribution is -2.32. The van der Waals surface area contributed by atoms with E-state index in [2.05, 4.69) is 5.32 Å². The summed E-state index contributed by atoms with van der Waals surface area (Å²) in [5.41, 5.74) is 0.486. The molecule has 4 heteroatoms. The van der Waals surface area contributed by atoms with Gasteiger partial charge < -0.3 is 10.1 Å². The minimum absolute atomic E-state index is 0.0186. The molecule has 1 aromatic carbocycles. The molecule has 0 spiro atoms. The number of ether oxygens (including phenoxy) is 1. The van der Waals surface area contributed by atoms with E-state index in [1.54, 1.807) is 0 Å². The Morgan fingerprint density at radius 3 is 2.88 bits per heavy atom. The largest absolute Gasteiger partial charge is 0.376 e. The third-order valence-electron chi connectivity index (χ3n) is 3.06. The van der Waals surface area contributed by atoms with Crippen LogP contribution in [0.3, 0.4) is 0 Å². The summed E-state index contributed by atoms with van der Waals surface area (Å²) in [6.45, 7) is 3.40. The van der Waals surface area contributed by atoms with E-state index in [-0.39, 0.29) is 12.1 Å². The first-order chi connectivity index (χ1) is 8.22. The first kappa shape index (κ1) is 12.5. The molecule has 1 fully saturated rings. The lowest BCUT2D eigenvalue weighted by molar-refractivity contribution is 0.0776. The topological polar surface area (TPSA) is 21.3 Å². The molecular weight excluding hydrogens is 224 g/mol. The Morgan fingerprint density at radius 2 is 2.29 bits per heavy atom. The molecule has 1 aliphatic heterocycles. The van der Waals surface area contributed by atoms with E-state index in [1.807, 2.05) is 6.92 Å². The van der Waals surface area contributed by atoms with Gasteiger partial charge in [0.05, 0.1) is 12.1 Å². The van der Waals surface area contributed by atoms with E-state index in [0.29, 0.717) is 5.56 Å². The Kier molecular flexibility index (Phi) is 4.07. The van der Waals surface area contributed by atoms with E-state index in [4.69, 9.17) is 4.74 Å². The number of likely N-dealkylation sites (N-methyl/N-ethyl adjacent to an activating group) is 1. The molecule has 17 heavy (non-hydrogen) atoms. The van der Waals surface area contributed by atoms with Gasteiger partial charge in [-0.2, -0.15) is 0 Å². The van der Waals surface area contributed by atoms with Gasteiger partial charge >= 0.3 is 0 Å². The molecule has 2 atom stereocenters.